The van der Waals surface area contributed by atoms with E-state index in [0.717, 1.165) is 0 Å². The number of halogens is 1. The third-order valence-corrected chi connectivity index (χ3v) is 2.97. The molecule has 8 heteroatoms. The van der Waals surface area contributed by atoms with Gasteiger partial charge in [0.1, 0.15) is 5.03 Å². The van der Waals surface area contributed by atoms with E-state index in [1.165, 1.54) is 16.3 Å². The predicted molar refractivity (Wildman–Crippen MR) is 59.7 cm³/mol. The molecule has 0 amide bonds. The van der Waals surface area contributed by atoms with E-state index in [1.54, 1.807) is 12.1 Å². The topological polar surface area (TPSA) is 76.5 Å². The van der Waals surface area contributed by atoms with Crippen molar-refractivity contribution < 1.29 is 0 Å². The molecule has 0 aliphatic rings. The van der Waals surface area contributed by atoms with Crippen LogP contribution in [0, 0.1) is 0 Å². The maximum Gasteiger partial charge on any atom is 0.343 e. The molecule has 0 bridgehead atoms. The fourth-order valence-corrected chi connectivity index (χ4v) is 2.03. The lowest BCUT2D eigenvalue weighted by atomic mass is 10.6. The fraction of sp³-hybridized carbons (Fsp3) is 0.250. The smallest absolute Gasteiger partial charge is 0.270 e. The Bertz CT molecular complexity index is 534. The van der Waals surface area contributed by atoms with Crippen LogP contribution in [0.15, 0.2) is 27.1 Å². The van der Waals surface area contributed by atoms with Crippen LogP contribution in [0.3, 0.4) is 0 Å². The van der Waals surface area contributed by atoms with Crippen molar-refractivity contribution in [3.8, 4) is 0 Å². The Morgan fingerprint density at radius 1 is 1.50 bits per heavy atom. The second kappa shape index (κ2) is 4.67. The van der Waals surface area contributed by atoms with Crippen LogP contribution < -0.4 is 5.69 Å². The number of nitrogens with one attached hydrogen (secondary N) is 1. The van der Waals surface area contributed by atoms with E-state index in [-0.39, 0.29) is 5.69 Å². The minimum absolute atomic E-state index is 0.230. The predicted octanol–water partition coefficient (Wildman–Crippen LogP) is 1.19. The quantitative estimate of drug-likeness (QED) is 0.894. The largest absolute Gasteiger partial charge is 0.343 e. The average Bonchev–Trinajstić information content (AvgIpc) is 2.63. The van der Waals surface area contributed by atoms with Gasteiger partial charge in [-0.15, -0.1) is 15.3 Å². The standard InChI is InChI=1S/C8H8ClN5OS/c1-2-14-7(15)12-13-8(14)16-6-4-3-5(9)10-11-6/h3-4H,2H2,1H3,(H,12,15). The summed E-state index contributed by atoms with van der Waals surface area (Å²) in [6, 6.07) is 3.36. The lowest BCUT2D eigenvalue weighted by molar-refractivity contribution is 0.659. The Morgan fingerprint density at radius 2 is 2.31 bits per heavy atom. The number of H-pyrrole nitrogens is 1. The van der Waals surface area contributed by atoms with Crippen molar-refractivity contribution in [2.75, 3.05) is 0 Å². The summed E-state index contributed by atoms with van der Waals surface area (Å²) in [6.45, 7) is 2.42. The van der Waals surface area contributed by atoms with Gasteiger partial charge in [-0.2, -0.15) is 0 Å². The number of hydrogen-bond donors (Lipinski definition) is 1. The third kappa shape index (κ3) is 2.25. The molecule has 2 heterocycles. The van der Waals surface area contributed by atoms with Gasteiger partial charge >= 0.3 is 5.69 Å². The fourth-order valence-electron chi connectivity index (χ4n) is 1.11. The Balaban J connectivity index is 2.27. The van der Waals surface area contributed by atoms with Gasteiger partial charge in [-0.1, -0.05) is 11.6 Å². The summed E-state index contributed by atoms with van der Waals surface area (Å²) in [5.74, 6) is 0. The zero-order valence-corrected chi connectivity index (χ0v) is 9.92. The van der Waals surface area contributed by atoms with Gasteiger partial charge in [0.15, 0.2) is 10.3 Å². The summed E-state index contributed by atoms with van der Waals surface area (Å²) in [5.41, 5.74) is -0.230. The van der Waals surface area contributed by atoms with Gasteiger partial charge in [0.2, 0.25) is 0 Å². The Hall–Kier alpha value is -1.34. The van der Waals surface area contributed by atoms with E-state index in [9.17, 15) is 4.79 Å². The molecule has 0 saturated carbocycles. The molecule has 0 aromatic carbocycles. The van der Waals surface area contributed by atoms with Crippen molar-refractivity contribution in [2.24, 2.45) is 0 Å². The first kappa shape index (κ1) is 11.2. The number of aromatic nitrogens is 5. The van der Waals surface area contributed by atoms with Crippen LogP contribution in [0.4, 0.5) is 0 Å². The average molecular weight is 258 g/mol. The van der Waals surface area contributed by atoms with E-state index in [1.807, 2.05) is 6.92 Å². The normalized spacial score (nSPS) is 10.6. The highest BCUT2D eigenvalue weighted by molar-refractivity contribution is 7.99. The second-order valence-corrected chi connectivity index (χ2v) is 4.23. The van der Waals surface area contributed by atoms with Gasteiger partial charge in [0, 0.05) is 6.54 Å². The summed E-state index contributed by atoms with van der Waals surface area (Å²) in [4.78, 5) is 11.3. The summed E-state index contributed by atoms with van der Waals surface area (Å²) in [6.07, 6.45) is 0. The maximum atomic E-state index is 11.3. The molecule has 0 radical (unpaired) electrons. The molecule has 0 saturated heterocycles. The van der Waals surface area contributed by atoms with Crippen molar-refractivity contribution in [1.29, 1.82) is 0 Å². The molecule has 0 unspecified atom stereocenters. The van der Waals surface area contributed by atoms with Gasteiger partial charge in [-0.05, 0) is 30.8 Å². The zero-order chi connectivity index (χ0) is 11.5. The number of rotatable bonds is 3. The van der Waals surface area contributed by atoms with Crippen LogP contribution in [0.5, 0.6) is 0 Å². The van der Waals surface area contributed by atoms with Crippen molar-refractivity contribution in [1.82, 2.24) is 25.0 Å². The van der Waals surface area contributed by atoms with Crippen LogP contribution in [0.1, 0.15) is 6.92 Å². The van der Waals surface area contributed by atoms with Gasteiger partial charge in [0.25, 0.3) is 0 Å². The highest BCUT2D eigenvalue weighted by Gasteiger charge is 2.09. The highest BCUT2D eigenvalue weighted by atomic mass is 35.5. The van der Waals surface area contributed by atoms with Gasteiger partial charge in [-0.3, -0.25) is 4.57 Å². The van der Waals surface area contributed by atoms with Crippen molar-refractivity contribution in [2.45, 2.75) is 23.7 Å². The van der Waals surface area contributed by atoms with E-state index >= 15 is 0 Å². The van der Waals surface area contributed by atoms with Crippen LogP contribution in [-0.2, 0) is 6.54 Å². The minimum Gasteiger partial charge on any atom is -0.270 e. The maximum absolute atomic E-state index is 11.3. The number of aromatic amines is 1. The van der Waals surface area contributed by atoms with Crippen LogP contribution >= 0.6 is 23.4 Å². The molecule has 0 aliphatic carbocycles. The Labute approximate surface area is 100 Å². The van der Waals surface area contributed by atoms with Crippen LogP contribution in [-0.4, -0.2) is 25.0 Å². The summed E-state index contributed by atoms with van der Waals surface area (Å²) in [7, 11) is 0. The first-order valence-electron chi connectivity index (χ1n) is 4.53. The first-order chi connectivity index (χ1) is 7.70. The molecule has 1 N–H and O–H groups in total. The van der Waals surface area contributed by atoms with Crippen molar-refractivity contribution >= 4 is 23.4 Å². The van der Waals surface area contributed by atoms with Crippen molar-refractivity contribution in [3.05, 3.63) is 27.8 Å². The first-order valence-corrected chi connectivity index (χ1v) is 5.72. The SMILES string of the molecule is CCn1c(Sc2ccc(Cl)nn2)n[nH]c1=O. The lowest BCUT2D eigenvalue weighted by Gasteiger charge is -2.00. The second-order valence-electron chi connectivity index (χ2n) is 2.85. The third-order valence-electron chi connectivity index (χ3n) is 1.84. The van der Waals surface area contributed by atoms with E-state index < -0.39 is 0 Å². The van der Waals surface area contributed by atoms with E-state index in [4.69, 9.17) is 11.6 Å². The lowest BCUT2D eigenvalue weighted by Crippen LogP contribution is -2.16. The monoisotopic (exact) mass is 257 g/mol. The van der Waals surface area contributed by atoms with Crippen molar-refractivity contribution in [3.63, 3.8) is 0 Å². The molecule has 0 spiro atoms. The summed E-state index contributed by atoms with van der Waals surface area (Å²) >= 11 is 6.87. The molecular weight excluding hydrogens is 250 g/mol. The Morgan fingerprint density at radius 3 is 2.94 bits per heavy atom. The summed E-state index contributed by atoms with van der Waals surface area (Å²) in [5, 5.41) is 15.4. The molecular formula is C8H8ClN5OS. The van der Waals surface area contributed by atoms with Gasteiger partial charge in [-0.25, -0.2) is 9.89 Å². The molecule has 2 aromatic heterocycles. The van der Waals surface area contributed by atoms with E-state index in [2.05, 4.69) is 20.4 Å². The molecule has 0 aliphatic heterocycles. The van der Waals surface area contributed by atoms with E-state index in [0.29, 0.717) is 21.9 Å². The zero-order valence-electron chi connectivity index (χ0n) is 8.35. The molecule has 2 aromatic rings. The molecule has 0 fully saturated rings. The molecule has 84 valence electrons. The minimum atomic E-state index is -0.230. The Kier molecular flexibility index (Phi) is 3.25. The van der Waals surface area contributed by atoms with Gasteiger partial charge < -0.3 is 0 Å². The highest BCUT2D eigenvalue weighted by Crippen LogP contribution is 2.22. The molecule has 2 rings (SSSR count). The number of hydrogen-bond acceptors (Lipinski definition) is 5. The molecule has 0 atom stereocenters. The van der Waals surface area contributed by atoms with Gasteiger partial charge in [0.05, 0.1) is 0 Å². The molecule has 6 nitrogen and oxygen atoms in total. The summed E-state index contributed by atoms with van der Waals surface area (Å²) < 4.78 is 1.51. The van der Waals surface area contributed by atoms with Crippen LogP contribution in [0.25, 0.3) is 0 Å². The molecule has 16 heavy (non-hydrogen) atoms. The number of nitrogens with zero attached hydrogens (tertiary/aromatic N) is 4. The van der Waals surface area contributed by atoms with Crippen LogP contribution in [0.2, 0.25) is 5.15 Å².